The second kappa shape index (κ2) is 5.83. The van der Waals surface area contributed by atoms with Gasteiger partial charge in [-0.2, -0.15) is 0 Å². The number of benzene rings is 1. The summed E-state index contributed by atoms with van der Waals surface area (Å²) in [4.78, 5) is 0. The summed E-state index contributed by atoms with van der Waals surface area (Å²) < 4.78 is 13.3. The molecule has 2 rings (SSSR count). The molecule has 0 heterocycles. The van der Waals surface area contributed by atoms with Gasteiger partial charge >= 0.3 is 0 Å². The van der Waals surface area contributed by atoms with Crippen LogP contribution in [0.25, 0.3) is 0 Å². The van der Waals surface area contributed by atoms with Crippen molar-refractivity contribution in [1.82, 2.24) is 5.32 Å². The van der Waals surface area contributed by atoms with Crippen LogP contribution in [0.1, 0.15) is 44.2 Å². The number of hydrogen-bond acceptors (Lipinski definition) is 1. The molecule has 0 aromatic heterocycles. The summed E-state index contributed by atoms with van der Waals surface area (Å²) in [5.74, 6) is 0.649. The maximum Gasteiger partial charge on any atom is 0.142 e. The molecule has 17 heavy (non-hydrogen) atoms. The minimum Gasteiger partial charge on any atom is -0.310 e. The highest BCUT2D eigenvalue weighted by Crippen LogP contribution is 2.33. The van der Waals surface area contributed by atoms with E-state index in [-0.39, 0.29) is 16.9 Å². The predicted molar refractivity (Wildman–Crippen MR) is 69.8 cm³/mol. The Morgan fingerprint density at radius 1 is 1.47 bits per heavy atom. The minimum atomic E-state index is -0.337. The van der Waals surface area contributed by atoms with Crippen molar-refractivity contribution in [3.8, 4) is 0 Å². The van der Waals surface area contributed by atoms with Crippen molar-refractivity contribution < 1.29 is 4.39 Å². The molecular formula is C14H19ClFN. The molecule has 1 aliphatic rings. The van der Waals surface area contributed by atoms with E-state index >= 15 is 0 Å². The third kappa shape index (κ3) is 3.97. The molecule has 1 unspecified atom stereocenters. The van der Waals surface area contributed by atoms with Crippen molar-refractivity contribution in [2.24, 2.45) is 5.92 Å². The first-order chi connectivity index (χ1) is 8.16. The number of hydrogen-bond donors (Lipinski definition) is 1. The van der Waals surface area contributed by atoms with Gasteiger partial charge in [0.05, 0.1) is 5.02 Å². The number of halogens is 2. The van der Waals surface area contributed by atoms with Gasteiger partial charge in [-0.1, -0.05) is 30.5 Å². The number of nitrogens with one attached hydrogen (secondary N) is 1. The van der Waals surface area contributed by atoms with Crippen LogP contribution in [0.5, 0.6) is 0 Å². The van der Waals surface area contributed by atoms with Crippen molar-refractivity contribution in [3.63, 3.8) is 0 Å². The zero-order valence-electron chi connectivity index (χ0n) is 10.2. The first kappa shape index (κ1) is 12.8. The average molecular weight is 256 g/mol. The molecule has 1 aromatic carbocycles. The van der Waals surface area contributed by atoms with Crippen molar-refractivity contribution >= 4 is 11.6 Å². The van der Waals surface area contributed by atoms with Crippen LogP contribution in [-0.2, 0) is 0 Å². The van der Waals surface area contributed by atoms with E-state index in [4.69, 9.17) is 11.6 Å². The molecular weight excluding hydrogens is 237 g/mol. The fourth-order valence-corrected chi connectivity index (χ4v) is 2.13. The summed E-state index contributed by atoms with van der Waals surface area (Å²) in [7, 11) is 0. The fourth-order valence-electron chi connectivity index (χ4n) is 2.02. The zero-order valence-corrected chi connectivity index (χ0v) is 10.9. The standard InChI is InChI=1S/C14H19ClFN/c1-10(17-8-2-3-11-4-5-11)12-6-7-13(15)14(16)9-12/h6-7,9-11,17H,2-5,8H2,1H3. The van der Waals surface area contributed by atoms with Crippen LogP contribution in [0.4, 0.5) is 4.39 Å². The second-order valence-corrected chi connectivity index (χ2v) is 5.34. The molecule has 1 atom stereocenters. The molecule has 1 N–H and O–H groups in total. The molecule has 0 spiro atoms. The van der Waals surface area contributed by atoms with Gasteiger partial charge in [-0.05, 0) is 49.9 Å². The normalized spacial score (nSPS) is 17.1. The lowest BCUT2D eigenvalue weighted by molar-refractivity contribution is 0.529. The Morgan fingerprint density at radius 3 is 2.88 bits per heavy atom. The van der Waals surface area contributed by atoms with Gasteiger partial charge in [-0.3, -0.25) is 0 Å². The van der Waals surface area contributed by atoms with Crippen LogP contribution in [-0.4, -0.2) is 6.54 Å². The Morgan fingerprint density at radius 2 is 2.24 bits per heavy atom. The Hall–Kier alpha value is -0.600. The van der Waals surface area contributed by atoms with Gasteiger partial charge < -0.3 is 5.32 Å². The summed E-state index contributed by atoms with van der Waals surface area (Å²) in [5.41, 5.74) is 0.957. The van der Waals surface area contributed by atoms with Gasteiger partial charge in [0.15, 0.2) is 0 Å². The largest absolute Gasteiger partial charge is 0.310 e. The molecule has 3 heteroatoms. The SMILES string of the molecule is CC(NCCCC1CC1)c1ccc(Cl)c(F)c1. The lowest BCUT2D eigenvalue weighted by Crippen LogP contribution is -2.20. The number of rotatable bonds is 6. The van der Waals surface area contributed by atoms with Crippen molar-refractivity contribution in [1.29, 1.82) is 0 Å². The highest BCUT2D eigenvalue weighted by molar-refractivity contribution is 6.30. The highest BCUT2D eigenvalue weighted by Gasteiger charge is 2.20. The summed E-state index contributed by atoms with van der Waals surface area (Å²) in [6.45, 7) is 3.06. The van der Waals surface area contributed by atoms with Crippen LogP contribution in [0, 0.1) is 11.7 Å². The highest BCUT2D eigenvalue weighted by atomic mass is 35.5. The van der Waals surface area contributed by atoms with Gasteiger partial charge in [0.2, 0.25) is 0 Å². The van der Waals surface area contributed by atoms with E-state index < -0.39 is 0 Å². The smallest absolute Gasteiger partial charge is 0.142 e. The summed E-state index contributed by atoms with van der Waals surface area (Å²) >= 11 is 5.66. The minimum absolute atomic E-state index is 0.181. The third-order valence-corrected chi connectivity index (χ3v) is 3.69. The third-order valence-electron chi connectivity index (χ3n) is 3.38. The molecule has 94 valence electrons. The molecule has 1 nitrogen and oxygen atoms in total. The van der Waals surface area contributed by atoms with Gasteiger partial charge in [0.25, 0.3) is 0 Å². The van der Waals surface area contributed by atoms with Gasteiger partial charge in [0, 0.05) is 6.04 Å². The second-order valence-electron chi connectivity index (χ2n) is 4.93. The van der Waals surface area contributed by atoms with E-state index in [9.17, 15) is 4.39 Å². The Labute approximate surface area is 107 Å². The Kier molecular flexibility index (Phi) is 4.41. The molecule has 0 saturated heterocycles. The van der Waals surface area contributed by atoms with E-state index in [2.05, 4.69) is 12.2 Å². The van der Waals surface area contributed by atoms with Gasteiger partial charge in [-0.25, -0.2) is 4.39 Å². The summed E-state index contributed by atoms with van der Waals surface area (Å²) in [5, 5.41) is 3.61. The maximum atomic E-state index is 13.3. The maximum absolute atomic E-state index is 13.3. The first-order valence-electron chi connectivity index (χ1n) is 6.35. The molecule has 0 bridgehead atoms. The Balaban J connectivity index is 1.76. The molecule has 1 aliphatic carbocycles. The van der Waals surface area contributed by atoms with Crippen LogP contribution in [0.15, 0.2) is 18.2 Å². The molecule has 1 saturated carbocycles. The van der Waals surface area contributed by atoms with Crippen molar-refractivity contribution in [2.75, 3.05) is 6.54 Å². The van der Waals surface area contributed by atoms with Gasteiger partial charge in [0.1, 0.15) is 5.82 Å². The van der Waals surface area contributed by atoms with E-state index in [0.717, 1.165) is 18.0 Å². The van der Waals surface area contributed by atoms with E-state index in [0.29, 0.717) is 0 Å². The predicted octanol–water partition coefficient (Wildman–Crippen LogP) is 4.32. The van der Waals surface area contributed by atoms with Crippen LogP contribution in [0.2, 0.25) is 5.02 Å². The van der Waals surface area contributed by atoms with Crippen LogP contribution >= 0.6 is 11.6 Å². The molecule has 1 fully saturated rings. The van der Waals surface area contributed by atoms with Crippen molar-refractivity contribution in [2.45, 2.75) is 38.6 Å². The lowest BCUT2D eigenvalue weighted by atomic mass is 10.1. The summed E-state index contributed by atoms with van der Waals surface area (Å²) in [6.07, 6.45) is 5.37. The fraction of sp³-hybridized carbons (Fsp3) is 0.571. The van der Waals surface area contributed by atoms with Crippen molar-refractivity contribution in [3.05, 3.63) is 34.6 Å². The summed E-state index contributed by atoms with van der Waals surface area (Å²) in [6, 6.07) is 5.19. The van der Waals surface area contributed by atoms with Crippen LogP contribution < -0.4 is 5.32 Å². The zero-order chi connectivity index (χ0) is 12.3. The quantitative estimate of drug-likeness (QED) is 0.747. The van der Waals surface area contributed by atoms with E-state index in [1.807, 2.05) is 6.07 Å². The Bertz CT molecular complexity index is 376. The van der Waals surface area contributed by atoms with Crippen LogP contribution in [0.3, 0.4) is 0 Å². The molecule has 0 radical (unpaired) electrons. The first-order valence-corrected chi connectivity index (χ1v) is 6.73. The van der Waals surface area contributed by atoms with E-state index in [1.54, 1.807) is 6.07 Å². The van der Waals surface area contributed by atoms with E-state index in [1.165, 1.54) is 31.7 Å². The lowest BCUT2D eigenvalue weighted by Gasteiger charge is -2.14. The molecule has 0 aliphatic heterocycles. The molecule has 0 amide bonds. The monoisotopic (exact) mass is 255 g/mol. The molecule has 1 aromatic rings. The average Bonchev–Trinajstić information content (AvgIpc) is 3.12. The topological polar surface area (TPSA) is 12.0 Å². The van der Waals surface area contributed by atoms with Gasteiger partial charge in [-0.15, -0.1) is 0 Å².